The number of nitrogens with zero attached hydrogens (tertiary/aromatic N) is 4. The van der Waals surface area contributed by atoms with Gasteiger partial charge in [0.05, 0.1) is 7.11 Å². The summed E-state index contributed by atoms with van der Waals surface area (Å²) in [6.07, 6.45) is 1.31. The van der Waals surface area contributed by atoms with Crippen molar-refractivity contribution in [3.05, 3.63) is 24.3 Å². The number of imide groups is 1. The number of ether oxygens (including phenoxy) is 1. The zero-order valence-corrected chi connectivity index (χ0v) is 17.7. The third kappa shape index (κ3) is 3.34. The minimum atomic E-state index is -0.365. The molecule has 0 radical (unpaired) electrons. The predicted octanol–water partition coefficient (Wildman–Crippen LogP) is 1.73. The van der Waals surface area contributed by atoms with Gasteiger partial charge in [-0.3, -0.25) is 19.9 Å². The first-order chi connectivity index (χ1) is 14.0. The maximum atomic E-state index is 13.3. The molecule has 3 aliphatic rings. The Kier molecular flexibility index (Phi) is 5.40. The van der Waals surface area contributed by atoms with E-state index >= 15 is 0 Å². The molecule has 0 saturated carbocycles. The molecule has 3 saturated heterocycles. The molecule has 3 amide bonds. The number of anilines is 1. The lowest BCUT2D eigenvalue weighted by Gasteiger charge is -2.46. The average molecular weight is 402 g/mol. The summed E-state index contributed by atoms with van der Waals surface area (Å²) in [6.45, 7) is 6.43. The van der Waals surface area contributed by atoms with Gasteiger partial charge in [0, 0.05) is 38.4 Å². The fraction of sp³-hybridized carbons (Fsp3) is 0.619. The molecular weight excluding hydrogens is 370 g/mol. The highest BCUT2D eigenvalue weighted by atomic mass is 16.5. The number of likely N-dealkylation sites (N-methyl/N-ethyl adjacent to an activating group) is 1. The van der Waals surface area contributed by atoms with Crippen molar-refractivity contribution >= 4 is 17.6 Å². The van der Waals surface area contributed by atoms with Crippen LogP contribution in [0.3, 0.4) is 0 Å². The van der Waals surface area contributed by atoms with Crippen molar-refractivity contribution in [2.75, 3.05) is 38.7 Å². The zero-order valence-electron chi connectivity index (χ0n) is 17.7. The van der Waals surface area contributed by atoms with Crippen LogP contribution in [0, 0.1) is 5.92 Å². The normalized spacial score (nSPS) is 29.9. The summed E-state index contributed by atoms with van der Waals surface area (Å²) in [5.74, 6) is 1.11. The number of rotatable bonds is 5. The van der Waals surface area contributed by atoms with Crippen molar-refractivity contribution < 1.29 is 14.3 Å². The number of carbonyl (C=O) groups excluding carboxylic acids is 2. The molecule has 1 N–H and O–H groups in total. The summed E-state index contributed by atoms with van der Waals surface area (Å²) in [4.78, 5) is 33.8. The Balaban J connectivity index is 1.66. The molecule has 0 aromatic heterocycles. The topological polar surface area (TPSA) is 68.4 Å². The van der Waals surface area contributed by atoms with Crippen LogP contribution >= 0.6 is 0 Å². The van der Waals surface area contributed by atoms with Crippen molar-refractivity contribution in [1.82, 2.24) is 20.0 Å². The van der Waals surface area contributed by atoms with E-state index < -0.39 is 0 Å². The number of hydrogen-bond acceptors (Lipinski definition) is 6. The van der Waals surface area contributed by atoms with Gasteiger partial charge in [0.2, 0.25) is 0 Å². The van der Waals surface area contributed by atoms with Crippen LogP contribution in [-0.4, -0.2) is 78.9 Å². The summed E-state index contributed by atoms with van der Waals surface area (Å²) < 4.78 is 5.40. The molecule has 3 aliphatic heterocycles. The fourth-order valence-electron chi connectivity index (χ4n) is 4.73. The van der Waals surface area contributed by atoms with E-state index in [0.29, 0.717) is 12.5 Å². The summed E-state index contributed by atoms with van der Waals surface area (Å²) >= 11 is 0. The number of urea groups is 1. The Bertz CT molecular complexity index is 787. The zero-order chi connectivity index (χ0) is 20.7. The first-order valence-electron chi connectivity index (χ1n) is 10.5. The first-order valence-corrected chi connectivity index (χ1v) is 10.5. The highest BCUT2D eigenvalue weighted by molar-refractivity contribution is 6.00. The van der Waals surface area contributed by atoms with Crippen LogP contribution in [0.2, 0.25) is 0 Å². The largest absolute Gasteiger partial charge is 0.497 e. The number of amides is 3. The molecule has 1 aromatic carbocycles. The summed E-state index contributed by atoms with van der Waals surface area (Å²) in [5, 5.41) is 3.56. The molecule has 8 nitrogen and oxygen atoms in total. The fourth-order valence-corrected chi connectivity index (χ4v) is 4.73. The number of methoxy groups -OCH3 is 1. The summed E-state index contributed by atoms with van der Waals surface area (Å²) in [6, 6.07) is 7.41. The second-order valence-electron chi connectivity index (χ2n) is 8.32. The standard InChI is InChI=1S/C21H31N5O3/c1-5-6-10-24-19(27)17-18(23(3)21(24)28)22-20-25(12-14(2)13-26(17)20)15-8-7-9-16(11-15)29-4/h7-9,11,14,17-18,20,22H,5-6,10,12-13H2,1-4H3. The Morgan fingerprint density at radius 1 is 1.24 bits per heavy atom. The van der Waals surface area contributed by atoms with Crippen molar-refractivity contribution in [3.8, 4) is 5.75 Å². The second-order valence-corrected chi connectivity index (χ2v) is 8.32. The molecule has 29 heavy (non-hydrogen) atoms. The van der Waals surface area contributed by atoms with Crippen LogP contribution in [0.5, 0.6) is 5.75 Å². The number of fused-ring (bicyclic) bond motifs is 3. The van der Waals surface area contributed by atoms with Crippen LogP contribution in [0.4, 0.5) is 10.5 Å². The number of unbranched alkanes of at least 4 members (excludes halogenated alkanes) is 1. The molecule has 3 fully saturated rings. The molecule has 1 aromatic rings. The molecule has 8 heteroatoms. The lowest BCUT2D eigenvalue weighted by atomic mass is 10.0. The van der Waals surface area contributed by atoms with Gasteiger partial charge in [-0.15, -0.1) is 0 Å². The summed E-state index contributed by atoms with van der Waals surface area (Å²) in [5.41, 5.74) is 1.04. The highest BCUT2D eigenvalue weighted by Crippen LogP contribution is 2.35. The maximum Gasteiger partial charge on any atom is 0.327 e. The van der Waals surface area contributed by atoms with Crippen molar-refractivity contribution in [3.63, 3.8) is 0 Å². The van der Waals surface area contributed by atoms with E-state index in [2.05, 4.69) is 35.0 Å². The molecule has 3 heterocycles. The van der Waals surface area contributed by atoms with Gasteiger partial charge in [-0.05, 0) is 24.5 Å². The molecule has 0 aliphatic carbocycles. The highest BCUT2D eigenvalue weighted by Gasteiger charge is 2.56. The van der Waals surface area contributed by atoms with Crippen LogP contribution in [0.15, 0.2) is 24.3 Å². The van der Waals surface area contributed by atoms with E-state index in [1.54, 1.807) is 19.1 Å². The monoisotopic (exact) mass is 401 g/mol. The van der Waals surface area contributed by atoms with E-state index in [-0.39, 0.29) is 30.4 Å². The van der Waals surface area contributed by atoms with Gasteiger partial charge >= 0.3 is 6.03 Å². The van der Waals surface area contributed by atoms with Gasteiger partial charge in [0.15, 0.2) is 0 Å². The third-order valence-electron chi connectivity index (χ3n) is 6.21. The molecule has 4 unspecified atom stereocenters. The predicted molar refractivity (Wildman–Crippen MR) is 110 cm³/mol. The smallest absolute Gasteiger partial charge is 0.327 e. The molecule has 4 atom stereocenters. The van der Waals surface area contributed by atoms with E-state index in [1.807, 2.05) is 18.2 Å². The second kappa shape index (κ2) is 7.84. The van der Waals surface area contributed by atoms with Gasteiger partial charge in [0.1, 0.15) is 24.2 Å². The first kappa shape index (κ1) is 20.0. The Hall–Kier alpha value is -2.32. The van der Waals surface area contributed by atoms with Crippen LogP contribution in [0.25, 0.3) is 0 Å². The van der Waals surface area contributed by atoms with E-state index in [4.69, 9.17) is 4.74 Å². The van der Waals surface area contributed by atoms with E-state index in [9.17, 15) is 9.59 Å². The maximum absolute atomic E-state index is 13.3. The van der Waals surface area contributed by atoms with Gasteiger partial charge in [-0.2, -0.15) is 0 Å². The van der Waals surface area contributed by atoms with Gasteiger partial charge in [-0.1, -0.05) is 26.3 Å². The minimum absolute atomic E-state index is 0.0822. The van der Waals surface area contributed by atoms with Gasteiger partial charge < -0.3 is 14.5 Å². The number of benzene rings is 1. The van der Waals surface area contributed by atoms with Crippen molar-refractivity contribution in [2.45, 2.75) is 45.2 Å². The van der Waals surface area contributed by atoms with E-state index in [0.717, 1.165) is 37.4 Å². The van der Waals surface area contributed by atoms with Crippen LogP contribution in [0.1, 0.15) is 26.7 Å². The quantitative estimate of drug-likeness (QED) is 0.811. The molecule has 0 bridgehead atoms. The SMILES string of the molecule is CCCCN1C(=O)C2C(NC3N(c4cccc(OC)c4)CC(C)CN23)N(C)C1=O. The third-order valence-corrected chi connectivity index (χ3v) is 6.21. The minimum Gasteiger partial charge on any atom is -0.497 e. The average Bonchev–Trinajstić information content (AvgIpc) is 3.11. The molecule has 158 valence electrons. The summed E-state index contributed by atoms with van der Waals surface area (Å²) in [7, 11) is 3.45. The Labute approximate surface area is 172 Å². The van der Waals surface area contributed by atoms with E-state index in [1.165, 1.54) is 4.90 Å². The molecule has 4 rings (SSSR count). The number of carbonyl (C=O) groups is 2. The van der Waals surface area contributed by atoms with Crippen molar-refractivity contribution in [1.29, 1.82) is 0 Å². The molecular formula is C21H31N5O3. The lowest BCUT2D eigenvalue weighted by molar-refractivity contribution is -0.138. The van der Waals surface area contributed by atoms with Gasteiger partial charge in [-0.25, -0.2) is 4.79 Å². The molecule has 0 spiro atoms. The van der Waals surface area contributed by atoms with Crippen molar-refractivity contribution in [2.24, 2.45) is 5.92 Å². The Morgan fingerprint density at radius 3 is 2.76 bits per heavy atom. The Morgan fingerprint density at radius 2 is 2.03 bits per heavy atom. The number of nitrogens with one attached hydrogen (secondary N) is 1. The van der Waals surface area contributed by atoms with Crippen LogP contribution < -0.4 is 15.0 Å². The number of hydrogen-bond donors (Lipinski definition) is 1. The van der Waals surface area contributed by atoms with Gasteiger partial charge in [0.25, 0.3) is 5.91 Å². The lowest BCUT2D eigenvalue weighted by Crippen LogP contribution is -2.66. The van der Waals surface area contributed by atoms with Crippen LogP contribution in [-0.2, 0) is 4.79 Å².